The van der Waals surface area contributed by atoms with Gasteiger partial charge in [0.1, 0.15) is 0 Å². The molecule has 8 heteroatoms. The van der Waals surface area contributed by atoms with Gasteiger partial charge in [0.15, 0.2) is 0 Å². The van der Waals surface area contributed by atoms with Gasteiger partial charge in [-0.2, -0.15) is 26.3 Å². The van der Waals surface area contributed by atoms with Crippen molar-refractivity contribution in [3.05, 3.63) is 29.3 Å². The summed E-state index contributed by atoms with van der Waals surface area (Å²) in [4.78, 5) is 0. The van der Waals surface area contributed by atoms with E-state index in [0.29, 0.717) is 6.07 Å². The molecule has 18 heavy (non-hydrogen) atoms. The van der Waals surface area contributed by atoms with E-state index < -0.39 is 29.3 Å². The first-order valence-corrected chi connectivity index (χ1v) is 4.52. The molecule has 0 aliphatic heterocycles. The second-order valence-corrected chi connectivity index (χ2v) is 3.58. The SMILES string of the molecule is Cc1[c]ccc(C(F)(C(F)(F)F)C(F)(F)F)c1N. The monoisotopic (exact) mass is 274 g/mol. The van der Waals surface area contributed by atoms with E-state index in [4.69, 9.17) is 5.73 Å². The molecule has 1 rings (SSSR count). The Labute approximate surface area is 97.4 Å². The predicted octanol–water partition coefficient (Wildman–Crippen LogP) is 3.67. The Balaban J connectivity index is 3.61. The lowest BCUT2D eigenvalue weighted by atomic mass is 9.91. The van der Waals surface area contributed by atoms with Gasteiger partial charge in [-0.3, -0.25) is 0 Å². The summed E-state index contributed by atoms with van der Waals surface area (Å²) in [6, 6.07) is 3.37. The number of rotatable bonds is 1. The second kappa shape index (κ2) is 4.03. The third-order valence-electron chi connectivity index (χ3n) is 2.40. The number of hydrogen-bond donors (Lipinski definition) is 1. The average molecular weight is 274 g/mol. The van der Waals surface area contributed by atoms with Crippen LogP contribution in [0.25, 0.3) is 0 Å². The zero-order valence-corrected chi connectivity index (χ0v) is 8.88. The van der Waals surface area contributed by atoms with Crippen molar-refractivity contribution < 1.29 is 30.7 Å². The maximum Gasteiger partial charge on any atom is 0.436 e. The van der Waals surface area contributed by atoms with Crippen LogP contribution in [0.15, 0.2) is 12.1 Å². The first-order chi connectivity index (χ1) is 7.93. The molecule has 0 heterocycles. The highest BCUT2D eigenvalue weighted by Crippen LogP contribution is 2.54. The largest absolute Gasteiger partial charge is 0.436 e. The van der Waals surface area contributed by atoms with Gasteiger partial charge < -0.3 is 5.73 Å². The van der Waals surface area contributed by atoms with E-state index in [2.05, 4.69) is 6.07 Å². The fourth-order valence-electron chi connectivity index (χ4n) is 1.39. The molecule has 1 aromatic rings. The molecule has 0 spiro atoms. The van der Waals surface area contributed by atoms with Gasteiger partial charge in [-0.05, 0) is 18.6 Å². The van der Waals surface area contributed by atoms with Crippen LogP contribution in [0.2, 0.25) is 0 Å². The first-order valence-electron chi connectivity index (χ1n) is 4.52. The summed E-state index contributed by atoms with van der Waals surface area (Å²) < 4.78 is 88.3. The number of nitrogen functional groups attached to an aromatic ring is 1. The van der Waals surface area contributed by atoms with Crippen molar-refractivity contribution in [2.24, 2.45) is 0 Å². The number of benzene rings is 1. The number of hydrogen-bond acceptors (Lipinski definition) is 1. The summed E-state index contributed by atoms with van der Waals surface area (Å²) in [6.45, 7) is 1.13. The third-order valence-corrected chi connectivity index (χ3v) is 2.40. The first kappa shape index (κ1) is 14.6. The van der Waals surface area contributed by atoms with Crippen LogP contribution in [0.3, 0.4) is 0 Å². The van der Waals surface area contributed by atoms with E-state index in [1.54, 1.807) is 0 Å². The molecule has 0 aromatic heterocycles. The maximum atomic E-state index is 13.6. The van der Waals surface area contributed by atoms with Crippen LogP contribution in [-0.4, -0.2) is 12.4 Å². The van der Waals surface area contributed by atoms with Gasteiger partial charge in [-0.1, -0.05) is 12.1 Å². The summed E-state index contributed by atoms with van der Waals surface area (Å²) in [6.07, 6.45) is -12.3. The average Bonchev–Trinajstić information content (AvgIpc) is 2.17. The highest BCUT2D eigenvalue weighted by atomic mass is 19.4. The Morgan fingerprint density at radius 1 is 1.00 bits per heavy atom. The van der Waals surface area contributed by atoms with E-state index in [1.165, 1.54) is 0 Å². The second-order valence-electron chi connectivity index (χ2n) is 3.58. The molecule has 0 aliphatic rings. The molecule has 0 atom stereocenters. The van der Waals surface area contributed by atoms with Gasteiger partial charge >= 0.3 is 18.0 Å². The fourth-order valence-corrected chi connectivity index (χ4v) is 1.39. The van der Waals surface area contributed by atoms with Crippen LogP contribution < -0.4 is 5.73 Å². The molecule has 101 valence electrons. The van der Waals surface area contributed by atoms with Gasteiger partial charge in [0.05, 0.1) is 0 Å². The lowest BCUT2D eigenvalue weighted by Crippen LogP contribution is -2.50. The van der Waals surface area contributed by atoms with E-state index >= 15 is 0 Å². The van der Waals surface area contributed by atoms with Gasteiger partial charge in [0.25, 0.3) is 0 Å². The molecule has 0 fully saturated rings. The Morgan fingerprint density at radius 3 is 1.83 bits per heavy atom. The van der Waals surface area contributed by atoms with Crippen molar-refractivity contribution in [3.8, 4) is 0 Å². The molecule has 1 aromatic carbocycles. The standard InChI is InChI=1S/C10H7F7N/c1-5-3-2-4-6(7(5)18)8(11,9(12,13)14)10(15,16)17/h2,4H,18H2,1H3. The van der Waals surface area contributed by atoms with Crippen molar-refractivity contribution in [1.29, 1.82) is 0 Å². The maximum absolute atomic E-state index is 13.6. The Hall–Kier alpha value is -1.47. The Kier molecular flexibility index (Phi) is 3.27. The van der Waals surface area contributed by atoms with E-state index in [-0.39, 0.29) is 5.56 Å². The van der Waals surface area contributed by atoms with E-state index in [0.717, 1.165) is 13.0 Å². The van der Waals surface area contributed by atoms with Crippen molar-refractivity contribution in [2.75, 3.05) is 5.73 Å². The van der Waals surface area contributed by atoms with Crippen molar-refractivity contribution >= 4 is 5.69 Å². The van der Waals surface area contributed by atoms with E-state index in [1.807, 2.05) is 0 Å². The molecule has 0 amide bonds. The normalized spacial score (nSPS) is 13.8. The molecular weight excluding hydrogens is 267 g/mol. The predicted molar refractivity (Wildman–Crippen MR) is 49.3 cm³/mol. The minimum absolute atomic E-state index is 0.192. The summed E-state index contributed by atoms with van der Waals surface area (Å²) in [5.41, 5.74) is -3.19. The van der Waals surface area contributed by atoms with Gasteiger partial charge in [0, 0.05) is 11.3 Å². The number of alkyl halides is 7. The quantitative estimate of drug-likeness (QED) is 0.613. The van der Waals surface area contributed by atoms with Gasteiger partial charge in [-0.15, -0.1) is 0 Å². The molecular formula is C10H7F7N. The van der Waals surface area contributed by atoms with Crippen molar-refractivity contribution in [3.63, 3.8) is 0 Å². The number of aryl methyl sites for hydroxylation is 1. The van der Waals surface area contributed by atoms with Crippen LogP contribution in [0.4, 0.5) is 36.4 Å². The lowest BCUT2D eigenvalue weighted by molar-refractivity contribution is -0.348. The zero-order valence-electron chi connectivity index (χ0n) is 8.88. The van der Waals surface area contributed by atoms with Gasteiger partial charge in [-0.25, -0.2) is 4.39 Å². The minimum Gasteiger partial charge on any atom is -0.398 e. The summed E-state index contributed by atoms with van der Waals surface area (Å²) in [7, 11) is 0. The highest BCUT2D eigenvalue weighted by Gasteiger charge is 2.74. The summed E-state index contributed by atoms with van der Waals surface area (Å²) >= 11 is 0. The third kappa shape index (κ3) is 1.99. The van der Waals surface area contributed by atoms with Gasteiger partial charge in [0.2, 0.25) is 0 Å². The Morgan fingerprint density at radius 2 is 1.44 bits per heavy atom. The summed E-state index contributed by atoms with van der Waals surface area (Å²) in [5.74, 6) is 0. The molecule has 0 saturated carbocycles. The molecule has 0 saturated heterocycles. The van der Waals surface area contributed by atoms with Crippen LogP contribution in [0, 0.1) is 13.0 Å². The lowest BCUT2D eigenvalue weighted by Gasteiger charge is -2.31. The number of halogens is 7. The zero-order chi connectivity index (χ0) is 14.4. The summed E-state index contributed by atoms with van der Waals surface area (Å²) in [5, 5.41) is 0. The molecule has 0 aliphatic carbocycles. The van der Waals surface area contributed by atoms with Crippen LogP contribution >= 0.6 is 0 Å². The fraction of sp³-hybridized carbons (Fsp3) is 0.400. The molecule has 1 nitrogen and oxygen atoms in total. The number of anilines is 1. The molecule has 2 N–H and O–H groups in total. The van der Waals surface area contributed by atoms with E-state index in [9.17, 15) is 30.7 Å². The smallest absolute Gasteiger partial charge is 0.398 e. The van der Waals surface area contributed by atoms with Crippen LogP contribution in [-0.2, 0) is 5.67 Å². The van der Waals surface area contributed by atoms with Crippen LogP contribution in [0.1, 0.15) is 11.1 Å². The minimum atomic E-state index is -6.16. The topological polar surface area (TPSA) is 26.0 Å². The van der Waals surface area contributed by atoms with Crippen molar-refractivity contribution in [2.45, 2.75) is 24.9 Å². The van der Waals surface area contributed by atoms with Crippen molar-refractivity contribution in [1.82, 2.24) is 0 Å². The Bertz CT molecular complexity index is 433. The molecule has 1 radical (unpaired) electrons. The molecule has 0 unspecified atom stereocenters. The van der Waals surface area contributed by atoms with Crippen LogP contribution in [0.5, 0.6) is 0 Å². The number of nitrogens with two attached hydrogens (primary N) is 1. The highest BCUT2D eigenvalue weighted by molar-refractivity contribution is 5.56. The molecule has 0 bridgehead atoms.